The van der Waals surface area contributed by atoms with Gasteiger partial charge in [-0.1, -0.05) is 0 Å². The minimum atomic E-state index is -3.84. The largest absolute Gasteiger partial charge is 0.385 e. The number of amides is 2. The maximum absolute atomic E-state index is 14.5. The maximum Gasteiger partial charge on any atom is 0.256 e. The Morgan fingerprint density at radius 2 is 1.82 bits per heavy atom. The number of nitrogens with one attached hydrogen (secondary N) is 1. The van der Waals surface area contributed by atoms with E-state index in [9.17, 15) is 22.4 Å². The summed E-state index contributed by atoms with van der Waals surface area (Å²) in [6.07, 6.45) is 0.733. The Labute approximate surface area is 193 Å². The van der Waals surface area contributed by atoms with E-state index in [-0.39, 0.29) is 36.0 Å². The number of ether oxygens (including phenoxy) is 2. The Morgan fingerprint density at radius 1 is 1.12 bits per heavy atom. The van der Waals surface area contributed by atoms with Crippen LogP contribution in [0.15, 0.2) is 23.1 Å². The fourth-order valence-corrected chi connectivity index (χ4v) is 5.18. The second kappa shape index (κ2) is 11.8. The van der Waals surface area contributed by atoms with Crippen molar-refractivity contribution in [2.24, 2.45) is 0 Å². The van der Waals surface area contributed by atoms with Gasteiger partial charge in [0.05, 0.1) is 30.2 Å². The zero-order chi connectivity index (χ0) is 23.8. The molecular weight excluding hydrogens is 455 g/mol. The van der Waals surface area contributed by atoms with E-state index < -0.39 is 21.7 Å². The molecule has 0 spiro atoms. The normalized spacial score (nSPS) is 18.3. The Morgan fingerprint density at radius 3 is 2.48 bits per heavy atom. The summed E-state index contributed by atoms with van der Waals surface area (Å²) in [7, 11) is -2.24. The number of halogens is 1. The number of benzene rings is 1. The first-order chi connectivity index (χ1) is 15.8. The molecule has 0 unspecified atom stereocenters. The van der Waals surface area contributed by atoms with Crippen LogP contribution in [-0.4, -0.2) is 114 Å². The van der Waals surface area contributed by atoms with Crippen molar-refractivity contribution in [2.45, 2.75) is 11.3 Å². The molecule has 0 aliphatic carbocycles. The number of methoxy groups -OCH3 is 1. The van der Waals surface area contributed by atoms with E-state index in [0.717, 1.165) is 18.6 Å². The third-order valence-electron chi connectivity index (χ3n) is 5.65. The third kappa shape index (κ3) is 6.70. The molecule has 3 rings (SSSR count). The lowest BCUT2D eigenvalue weighted by molar-refractivity contribution is -0.122. The van der Waals surface area contributed by atoms with Crippen molar-refractivity contribution < 1.29 is 31.9 Å². The Kier molecular flexibility index (Phi) is 9.15. The highest BCUT2D eigenvalue weighted by Gasteiger charge is 2.30. The summed E-state index contributed by atoms with van der Waals surface area (Å²) in [5.74, 6) is -1.42. The topological polar surface area (TPSA) is 108 Å². The number of piperazine rings is 1. The number of carbonyl (C=O) groups excluding carboxylic acids is 2. The van der Waals surface area contributed by atoms with Crippen LogP contribution in [0.25, 0.3) is 0 Å². The lowest BCUT2D eigenvalue weighted by Gasteiger charge is -2.34. The van der Waals surface area contributed by atoms with E-state index >= 15 is 0 Å². The van der Waals surface area contributed by atoms with Crippen LogP contribution in [0.4, 0.5) is 4.39 Å². The van der Waals surface area contributed by atoms with Crippen LogP contribution in [0.5, 0.6) is 0 Å². The predicted molar refractivity (Wildman–Crippen MR) is 118 cm³/mol. The van der Waals surface area contributed by atoms with Gasteiger partial charge in [0.15, 0.2) is 0 Å². The summed E-state index contributed by atoms with van der Waals surface area (Å²) in [6, 6.07) is 3.31. The van der Waals surface area contributed by atoms with Crippen molar-refractivity contribution in [3.05, 3.63) is 29.6 Å². The smallest absolute Gasteiger partial charge is 0.256 e. The lowest BCUT2D eigenvalue weighted by atomic mass is 10.1. The summed E-state index contributed by atoms with van der Waals surface area (Å²) in [6.45, 7) is 3.90. The van der Waals surface area contributed by atoms with Gasteiger partial charge in [-0.15, -0.1) is 0 Å². The molecule has 2 amide bonds. The van der Waals surface area contributed by atoms with Crippen LogP contribution >= 0.6 is 0 Å². The van der Waals surface area contributed by atoms with Crippen LogP contribution < -0.4 is 5.32 Å². The van der Waals surface area contributed by atoms with E-state index in [1.807, 2.05) is 4.90 Å². The van der Waals surface area contributed by atoms with Crippen molar-refractivity contribution in [3.8, 4) is 0 Å². The van der Waals surface area contributed by atoms with Gasteiger partial charge in [-0.25, -0.2) is 12.8 Å². The quantitative estimate of drug-likeness (QED) is 0.480. The second-order valence-corrected chi connectivity index (χ2v) is 9.86. The number of hydrogen-bond donors (Lipinski definition) is 1. The maximum atomic E-state index is 14.5. The van der Waals surface area contributed by atoms with Gasteiger partial charge in [-0.05, 0) is 24.6 Å². The van der Waals surface area contributed by atoms with Gasteiger partial charge in [0.2, 0.25) is 15.9 Å². The monoisotopic (exact) mass is 486 g/mol. The van der Waals surface area contributed by atoms with E-state index in [1.165, 1.54) is 15.3 Å². The van der Waals surface area contributed by atoms with Crippen molar-refractivity contribution in [3.63, 3.8) is 0 Å². The molecule has 0 bridgehead atoms. The predicted octanol–water partition coefficient (Wildman–Crippen LogP) is -0.243. The van der Waals surface area contributed by atoms with Gasteiger partial charge < -0.3 is 19.7 Å². The average Bonchev–Trinajstić information content (AvgIpc) is 2.82. The first-order valence-corrected chi connectivity index (χ1v) is 12.4. The van der Waals surface area contributed by atoms with Crippen LogP contribution in [0, 0.1) is 5.82 Å². The summed E-state index contributed by atoms with van der Waals surface area (Å²) >= 11 is 0. The molecule has 12 heteroatoms. The van der Waals surface area contributed by atoms with Gasteiger partial charge in [0, 0.05) is 59.5 Å². The molecule has 2 aliphatic rings. The summed E-state index contributed by atoms with van der Waals surface area (Å²) < 4.78 is 51.6. The number of carbonyl (C=O) groups is 2. The first kappa shape index (κ1) is 25.5. The molecule has 1 aromatic carbocycles. The minimum absolute atomic E-state index is 0.0991. The Balaban J connectivity index is 1.58. The third-order valence-corrected chi connectivity index (χ3v) is 7.54. The van der Waals surface area contributed by atoms with Gasteiger partial charge in [0.25, 0.3) is 5.91 Å². The van der Waals surface area contributed by atoms with E-state index in [1.54, 1.807) is 7.11 Å². The molecule has 10 nitrogen and oxygen atoms in total. The minimum Gasteiger partial charge on any atom is -0.385 e. The number of nitrogens with zero attached hydrogens (tertiary/aromatic N) is 3. The summed E-state index contributed by atoms with van der Waals surface area (Å²) in [5, 5.41) is 2.82. The second-order valence-electron chi connectivity index (χ2n) is 7.92. The number of morpholine rings is 1. The van der Waals surface area contributed by atoms with Crippen molar-refractivity contribution in [1.82, 2.24) is 19.4 Å². The molecule has 0 aromatic heterocycles. The van der Waals surface area contributed by atoms with Crippen molar-refractivity contribution >= 4 is 21.8 Å². The lowest BCUT2D eigenvalue weighted by Crippen LogP contribution is -2.51. The molecule has 0 saturated carbocycles. The highest BCUT2D eigenvalue weighted by atomic mass is 32.2. The van der Waals surface area contributed by atoms with Crippen molar-refractivity contribution in [2.75, 3.05) is 79.3 Å². The van der Waals surface area contributed by atoms with Gasteiger partial charge in [0.1, 0.15) is 5.82 Å². The Bertz CT molecular complexity index is 931. The van der Waals surface area contributed by atoms with E-state index in [0.29, 0.717) is 52.5 Å². The summed E-state index contributed by atoms with van der Waals surface area (Å²) in [5.41, 5.74) is -0.270. The zero-order valence-corrected chi connectivity index (χ0v) is 19.6. The van der Waals surface area contributed by atoms with Crippen molar-refractivity contribution in [1.29, 1.82) is 0 Å². The molecule has 0 atom stereocenters. The van der Waals surface area contributed by atoms with Crippen LogP contribution in [-0.2, 0) is 24.3 Å². The van der Waals surface area contributed by atoms with Crippen LogP contribution in [0.1, 0.15) is 16.8 Å². The molecule has 0 radical (unpaired) electrons. The fraction of sp³-hybridized carbons (Fsp3) is 0.619. The molecule has 2 heterocycles. The standard InChI is InChI=1S/C21H31FN4O6S/c1-31-12-2-5-23-20(27)16-24-6-8-25(9-7-24)21(28)18-15-17(3-4-19(18)22)33(29,30)26-10-13-32-14-11-26/h3-4,15H,2,5-14,16H2,1H3,(H,23,27). The molecule has 33 heavy (non-hydrogen) atoms. The number of rotatable bonds is 9. The molecule has 2 aliphatic heterocycles. The van der Waals surface area contributed by atoms with Gasteiger partial charge in [-0.3, -0.25) is 14.5 Å². The highest BCUT2D eigenvalue weighted by Crippen LogP contribution is 2.22. The highest BCUT2D eigenvalue weighted by molar-refractivity contribution is 7.89. The van der Waals surface area contributed by atoms with E-state index in [2.05, 4.69) is 5.32 Å². The molecular formula is C21H31FN4O6S. The molecule has 2 saturated heterocycles. The SMILES string of the molecule is COCCCNC(=O)CN1CCN(C(=O)c2cc(S(=O)(=O)N3CCOCC3)ccc2F)CC1. The molecule has 2 fully saturated rings. The fourth-order valence-electron chi connectivity index (χ4n) is 3.75. The summed E-state index contributed by atoms with van der Waals surface area (Å²) in [4.78, 5) is 28.3. The first-order valence-electron chi connectivity index (χ1n) is 11.0. The number of hydrogen-bond acceptors (Lipinski definition) is 7. The van der Waals surface area contributed by atoms with Crippen LogP contribution in [0.3, 0.4) is 0 Å². The molecule has 184 valence electrons. The Hall–Kier alpha value is -2.12. The van der Waals surface area contributed by atoms with Crippen LogP contribution in [0.2, 0.25) is 0 Å². The average molecular weight is 487 g/mol. The number of sulfonamides is 1. The zero-order valence-electron chi connectivity index (χ0n) is 18.8. The van der Waals surface area contributed by atoms with E-state index in [4.69, 9.17) is 9.47 Å². The molecule has 1 aromatic rings. The van der Waals surface area contributed by atoms with Gasteiger partial charge in [-0.2, -0.15) is 4.31 Å². The molecule has 1 N–H and O–H groups in total. The van der Waals surface area contributed by atoms with Gasteiger partial charge >= 0.3 is 0 Å².